The minimum Gasteiger partial charge on any atom is -0.481 e. The first kappa shape index (κ1) is 14.8. The van der Waals surface area contributed by atoms with Gasteiger partial charge < -0.3 is 5.11 Å². The standard InChI is InChI=1S/C13H12ClNO4S2/c14-10-1-2-11-9(5-10)6-12(20-11)21(18,19)15-4-3-8(7-15)13(16)17/h1-2,5-6,8H,3-4,7H2,(H,16,17). The quantitative estimate of drug-likeness (QED) is 0.928. The number of benzene rings is 1. The first-order valence-corrected chi connectivity index (χ1v) is 8.93. The smallest absolute Gasteiger partial charge is 0.307 e. The van der Waals surface area contributed by atoms with Gasteiger partial charge in [0.25, 0.3) is 10.0 Å². The molecule has 0 amide bonds. The zero-order valence-corrected chi connectivity index (χ0v) is 13.2. The molecule has 5 nitrogen and oxygen atoms in total. The molecule has 0 saturated carbocycles. The van der Waals surface area contributed by atoms with Crippen molar-refractivity contribution in [1.29, 1.82) is 0 Å². The van der Waals surface area contributed by atoms with Crippen molar-refractivity contribution in [2.24, 2.45) is 5.92 Å². The first-order chi connectivity index (χ1) is 9.88. The Hall–Kier alpha value is -1.15. The SMILES string of the molecule is O=C(O)C1CCN(S(=O)(=O)c2cc3cc(Cl)ccc3s2)C1. The van der Waals surface area contributed by atoms with Crippen LogP contribution in [0.25, 0.3) is 10.1 Å². The van der Waals surface area contributed by atoms with Gasteiger partial charge in [0.05, 0.1) is 5.92 Å². The molecule has 1 atom stereocenters. The van der Waals surface area contributed by atoms with Crippen LogP contribution in [0.15, 0.2) is 28.5 Å². The van der Waals surface area contributed by atoms with Gasteiger partial charge in [0.2, 0.25) is 0 Å². The summed E-state index contributed by atoms with van der Waals surface area (Å²) >= 11 is 7.08. The van der Waals surface area contributed by atoms with E-state index in [4.69, 9.17) is 16.7 Å². The molecular weight excluding hydrogens is 334 g/mol. The van der Waals surface area contributed by atoms with Crippen molar-refractivity contribution < 1.29 is 18.3 Å². The number of hydrogen-bond donors (Lipinski definition) is 1. The molecule has 0 radical (unpaired) electrons. The summed E-state index contributed by atoms with van der Waals surface area (Å²) in [6.07, 6.45) is 0.352. The van der Waals surface area contributed by atoms with Gasteiger partial charge in [0.1, 0.15) is 4.21 Å². The minimum absolute atomic E-state index is 0.0344. The van der Waals surface area contributed by atoms with Crippen molar-refractivity contribution >= 4 is 49.0 Å². The molecule has 112 valence electrons. The van der Waals surface area contributed by atoms with Gasteiger partial charge >= 0.3 is 5.97 Å². The molecule has 1 unspecified atom stereocenters. The average Bonchev–Trinajstić information content (AvgIpc) is 3.05. The lowest BCUT2D eigenvalue weighted by molar-refractivity contribution is -0.141. The van der Waals surface area contributed by atoms with Crippen LogP contribution in [0.5, 0.6) is 0 Å². The van der Waals surface area contributed by atoms with E-state index in [2.05, 4.69) is 0 Å². The summed E-state index contributed by atoms with van der Waals surface area (Å²) in [5.41, 5.74) is 0. The molecular formula is C13H12ClNO4S2. The summed E-state index contributed by atoms with van der Waals surface area (Å²) in [6, 6.07) is 6.81. The predicted molar refractivity (Wildman–Crippen MR) is 81.3 cm³/mol. The number of halogens is 1. The molecule has 1 aliphatic rings. The lowest BCUT2D eigenvalue weighted by Crippen LogP contribution is -2.29. The number of sulfonamides is 1. The number of carboxylic acid groups (broad SMARTS) is 1. The predicted octanol–water partition coefficient (Wildman–Crippen LogP) is 2.65. The number of carbonyl (C=O) groups is 1. The van der Waals surface area contributed by atoms with Crippen molar-refractivity contribution in [2.75, 3.05) is 13.1 Å². The zero-order valence-electron chi connectivity index (χ0n) is 10.8. The Balaban J connectivity index is 1.95. The third kappa shape index (κ3) is 2.66. The Kier molecular flexibility index (Phi) is 3.69. The molecule has 1 aromatic carbocycles. The van der Waals surface area contributed by atoms with Gasteiger partial charge in [-0.05, 0) is 36.1 Å². The number of rotatable bonds is 3. The van der Waals surface area contributed by atoms with E-state index in [9.17, 15) is 13.2 Å². The van der Waals surface area contributed by atoms with Crippen LogP contribution in [-0.2, 0) is 14.8 Å². The van der Waals surface area contributed by atoms with E-state index in [1.54, 1.807) is 24.3 Å². The van der Waals surface area contributed by atoms with Crippen molar-refractivity contribution in [3.05, 3.63) is 29.3 Å². The van der Waals surface area contributed by atoms with E-state index >= 15 is 0 Å². The van der Waals surface area contributed by atoms with Gasteiger partial charge in [0.15, 0.2) is 0 Å². The zero-order chi connectivity index (χ0) is 15.2. The molecule has 1 N–H and O–H groups in total. The fourth-order valence-corrected chi connectivity index (χ4v) is 5.61. The molecule has 0 bridgehead atoms. The summed E-state index contributed by atoms with van der Waals surface area (Å²) in [7, 11) is -3.63. The van der Waals surface area contributed by atoms with Crippen molar-refractivity contribution in [3.63, 3.8) is 0 Å². The van der Waals surface area contributed by atoms with E-state index < -0.39 is 21.9 Å². The van der Waals surface area contributed by atoms with Gasteiger partial charge in [-0.25, -0.2) is 8.42 Å². The summed E-state index contributed by atoms with van der Waals surface area (Å²) in [4.78, 5) is 11.0. The molecule has 8 heteroatoms. The van der Waals surface area contributed by atoms with Crippen LogP contribution in [-0.4, -0.2) is 36.9 Å². The average molecular weight is 346 g/mol. The number of aliphatic carboxylic acids is 1. The van der Waals surface area contributed by atoms with Crippen LogP contribution in [0.2, 0.25) is 5.02 Å². The van der Waals surface area contributed by atoms with Crippen molar-refractivity contribution in [2.45, 2.75) is 10.6 Å². The second kappa shape index (κ2) is 5.24. The Bertz CT molecular complexity index is 815. The van der Waals surface area contributed by atoms with Crippen LogP contribution in [0.3, 0.4) is 0 Å². The number of fused-ring (bicyclic) bond motifs is 1. The van der Waals surface area contributed by atoms with E-state index in [-0.39, 0.29) is 17.3 Å². The molecule has 1 fully saturated rings. The third-order valence-corrected chi connectivity index (χ3v) is 7.22. The topological polar surface area (TPSA) is 74.7 Å². The highest BCUT2D eigenvalue weighted by molar-refractivity contribution is 7.91. The van der Waals surface area contributed by atoms with Gasteiger partial charge in [-0.1, -0.05) is 11.6 Å². The van der Waals surface area contributed by atoms with Crippen LogP contribution in [0.4, 0.5) is 0 Å². The number of carboxylic acids is 1. The van der Waals surface area contributed by atoms with Crippen LogP contribution in [0, 0.1) is 5.92 Å². The lowest BCUT2D eigenvalue weighted by Gasteiger charge is -2.14. The highest BCUT2D eigenvalue weighted by atomic mass is 35.5. The molecule has 21 heavy (non-hydrogen) atoms. The fraction of sp³-hybridized carbons (Fsp3) is 0.308. The Labute approximate surface area is 130 Å². The molecule has 3 rings (SSSR count). The molecule has 0 spiro atoms. The summed E-state index contributed by atoms with van der Waals surface area (Å²) in [6.45, 7) is 0.279. The van der Waals surface area contributed by atoms with Gasteiger partial charge in [-0.3, -0.25) is 4.79 Å². The molecule has 2 aromatic rings. The minimum atomic E-state index is -3.63. The number of nitrogens with zero attached hydrogens (tertiary/aromatic N) is 1. The Morgan fingerprint density at radius 2 is 2.14 bits per heavy atom. The van der Waals surface area contributed by atoms with E-state index in [0.717, 1.165) is 10.1 Å². The highest BCUT2D eigenvalue weighted by Crippen LogP contribution is 2.34. The van der Waals surface area contributed by atoms with Crippen LogP contribution < -0.4 is 0 Å². The largest absolute Gasteiger partial charge is 0.481 e. The maximum Gasteiger partial charge on any atom is 0.307 e. The number of hydrogen-bond acceptors (Lipinski definition) is 4. The van der Waals surface area contributed by atoms with Crippen molar-refractivity contribution in [3.8, 4) is 0 Å². The van der Waals surface area contributed by atoms with Gasteiger partial charge in [-0.15, -0.1) is 11.3 Å². The Morgan fingerprint density at radius 3 is 2.81 bits per heavy atom. The summed E-state index contributed by atoms with van der Waals surface area (Å²) in [5.74, 6) is -1.57. The lowest BCUT2D eigenvalue weighted by atomic mass is 10.1. The second-order valence-corrected chi connectivity index (χ2v) is 8.62. The molecule has 0 aliphatic carbocycles. The first-order valence-electron chi connectivity index (χ1n) is 6.30. The van der Waals surface area contributed by atoms with E-state index in [1.165, 1.54) is 15.6 Å². The molecule has 2 heterocycles. The monoisotopic (exact) mass is 345 g/mol. The van der Waals surface area contributed by atoms with E-state index in [1.807, 2.05) is 0 Å². The van der Waals surface area contributed by atoms with E-state index in [0.29, 0.717) is 11.4 Å². The molecule has 1 aliphatic heterocycles. The normalized spacial score (nSPS) is 20.1. The van der Waals surface area contributed by atoms with Crippen LogP contribution in [0.1, 0.15) is 6.42 Å². The van der Waals surface area contributed by atoms with Gasteiger partial charge in [0, 0.05) is 22.8 Å². The maximum atomic E-state index is 12.6. The second-order valence-electron chi connectivity index (χ2n) is 4.93. The summed E-state index contributed by atoms with van der Waals surface area (Å²) in [5, 5.41) is 10.3. The molecule has 1 saturated heterocycles. The van der Waals surface area contributed by atoms with Crippen molar-refractivity contribution in [1.82, 2.24) is 4.31 Å². The van der Waals surface area contributed by atoms with Crippen LogP contribution >= 0.6 is 22.9 Å². The number of thiophene rings is 1. The maximum absolute atomic E-state index is 12.6. The Morgan fingerprint density at radius 1 is 1.38 bits per heavy atom. The fourth-order valence-electron chi connectivity index (χ4n) is 2.39. The highest BCUT2D eigenvalue weighted by Gasteiger charge is 2.36. The van der Waals surface area contributed by atoms with Gasteiger partial charge in [-0.2, -0.15) is 4.31 Å². The summed E-state index contributed by atoms with van der Waals surface area (Å²) < 4.78 is 27.5. The molecule has 1 aromatic heterocycles. The third-order valence-electron chi connectivity index (χ3n) is 3.55.